The van der Waals surface area contributed by atoms with Gasteiger partial charge in [-0.25, -0.2) is 9.50 Å². The molecule has 1 spiro atoms. The van der Waals surface area contributed by atoms with E-state index < -0.39 is 0 Å². The van der Waals surface area contributed by atoms with Crippen LogP contribution >= 0.6 is 0 Å². The molecule has 0 radical (unpaired) electrons. The second-order valence-corrected chi connectivity index (χ2v) is 9.61. The van der Waals surface area contributed by atoms with E-state index >= 15 is 0 Å². The first kappa shape index (κ1) is 20.0. The van der Waals surface area contributed by atoms with Crippen molar-refractivity contribution in [2.24, 2.45) is 12.5 Å². The number of rotatable bonds is 3. The van der Waals surface area contributed by atoms with Crippen LogP contribution in [0.3, 0.4) is 0 Å². The largest absolute Gasteiger partial charge is 0.357 e. The molecule has 0 atom stereocenters. The first-order valence-corrected chi connectivity index (χ1v) is 11.8. The van der Waals surface area contributed by atoms with Gasteiger partial charge in [0.2, 0.25) is 0 Å². The van der Waals surface area contributed by atoms with Gasteiger partial charge >= 0.3 is 0 Å². The van der Waals surface area contributed by atoms with Crippen LogP contribution in [0.15, 0.2) is 49.2 Å². The molecule has 1 saturated heterocycles. The number of hydrogen-bond acceptors (Lipinski definition) is 5. The topological polar surface area (TPSA) is 75.0 Å². The third-order valence-electron chi connectivity index (χ3n) is 7.64. The zero-order chi connectivity index (χ0) is 22.4. The lowest BCUT2D eigenvalue weighted by atomic mass is 9.77. The number of nitriles is 1. The molecule has 0 unspecified atom stereocenters. The van der Waals surface area contributed by atoms with E-state index in [-0.39, 0.29) is 0 Å². The summed E-state index contributed by atoms with van der Waals surface area (Å²) in [5.41, 5.74) is 5.91. The molecular weight excluding hydrogens is 410 g/mol. The minimum absolute atomic E-state index is 0.560. The van der Waals surface area contributed by atoms with Crippen LogP contribution < -0.4 is 4.90 Å². The van der Waals surface area contributed by atoms with Gasteiger partial charge in [0.1, 0.15) is 11.9 Å². The lowest BCUT2D eigenvalue weighted by Gasteiger charge is -2.40. The summed E-state index contributed by atoms with van der Waals surface area (Å²) < 4.78 is 3.57. The van der Waals surface area contributed by atoms with Gasteiger partial charge in [0.15, 0.2) is 0 Å². The second kappa shape index (κ2) is 7.73. The van der Waals surface area contributed by atoms with Gasteiger partial charge in [0, 0.05) is 61.0 Å². The van der Waals surface area contributed by atoms with Crippen molar-refractivity contribution in [1.29, 1.82) is 5.26 Å². The summed E-state index contributed by atoms with van der Waals surface area (Å²) in [5, 5.41) is 18.4. The predicted octanol–water partition coefficient (Wildman–Crippen LogP) is 4.83. The molecule has 6 rings (SSSR count). The Balaban J connectivity index is 1.34. The van der Waals surface area contributed by atoms with E-state index in [2.05, 4.69) is 39.4 Å². The van der Waals surface area contributed by atoms with Gasteiger partial charge in [-0.3, -0.25) is 4.68 Å². The quantitative estimate of drug-likeness (QED) is 0.459. The van der Waals surface area contributed by atoms with Gasteiger partial charge < -0.3 is 4.90 Å². The molecule has 5 heterocycles. The number of hydrogen-bond donors (Lipinski definition) is 0. The molecule has 0 aromatic carbocycles. The van der Waals surface area contributed by atoms with Crippen molar-refractivity contribution in [1.82, 2.24) is 24.4 Å². The highest BCUT2D eigenvalue weighted by molar-refractivity contribution is 5.87. The van der Waals surface area contributed by atoms with Gasteiger partial charge in [-0.15, -0.1) is 0 Å². The van der Waals surface area contributed by atoms with Crippen LogP contribution in [0.4, 0.5) is 5.82 Å². The molecule has 33 heavy (non-hydrogen) atoms. The van der Waals surface area contributed by atoms with E-state index in [0.29, 0.717) is 11.0 Å². The average Bonchev–Trinajstić information content (AvgIpc) is 3.59. The summed E-state index contributed by atoms with van der Waals surface area (Å²) in [5.74, 6) is 1.04. The highest BCUT2D eigenvalue weighted by atomic mass is 15.2. The van der Waals surface area contributed by atoms with Crippen molar-refractivity contribution < 1.29 is 0 Å². The summed E-state index contributed by atoms with van der Waals surface area (Å²) in [6.45, 7) is 2.18. The van der Waals surface area contributed by atoms with Crippen molar-refractivity contribution in [3.05, 3.63) is 54.7 Å². The standard InChI is InChI=1S/C26H27N7/c1-31-17-22(16-29-31)20-12-23(25-21(13-27)15-30-33(25)18-20)19-4-5-24(28-14-19)32-10-8-26(9-11-32)6-2-3-7-26/h4-5,12,14-18H,2-3,6-11H2,1H3. The Bertz CT molecular complexity index is 1340. The zero-order valence-electron chi connectivity index (χ0n) is 18.9. The minimum Gasteiger partial charge on any atom is -0.357 e. The molecule has 0 bridgehead atoms. The first-order chi connectivity index (χ1) is 16.1. The molecular formula is C26H27N7. The number of nitrogens with zero attached hydrogens (tertiary/aromatic N) is 7. The van der Waals surface area contributed by atoms with E-state index in [1.165, 1.54) is 38.5 Å². The Hall–Kier alpha value is -3.66. The summed E-state index contributed by atoms with van der Waals surface area (Å²) in [6.07, 6.45) is 17.5. The Morgan fingerprint density at radius 2 is 1.73 bits per heavy atom. The molecule has 4 aromatic rings. The minimum atomic E-state index is 0.560. The lowest BCUT2D eigenvalue weighted by molar-refractivity contribution is 0.226. The highest BCUT2D eigenvalue weighted by Gasteiger charge is 2.37. The molecule has 7 heteroatoms. The number of fused-ring (bicyclic) bond motifs is 1. The Morgan fingerprint density at radius 1 is 0.909 bits per heavy atom. The summed E-state index contributed by atoms with van der Waals surface area (Å²) >= 11 is 0. The van der Waals surface area contributed by atoms with Crippen LogP contribution in [0.25, 0.3) is 27.8 Å². The Labute approximate surface area is 193 Å². The maximum atomic E-state index is 9.65. The van der Waals surface area contributed by atoms with E-state index in [1.807, 2.05) is 31.8 Å². The molecule has 1 aliphatic carbocycles. The molecule has 1 aliphatic heterocycles. The maximum absolute atomic E-state index is 9.65. The predicted molar refractivity (Wildman–Crippen MR) is 128 cm³/mol. The van der Waals surface area contributed by atoms with E-state index in [4.69, 9.17) is 4.98 Å². The Kier molecular flexibility index (Phi) is 4.68. The molecule has 166 valence electrons. The summed E-state index contributed by atoms with van der Waals surface area (Å²) in [4.78, 5) is 7.27. The Morgan fingerprint density at radius 3 is 2.39 bits per heavy atom. The van der Waals surface area contributed by atoms with Crippen LogP contribution in [0.1, 0.15) is 44.1 Å². The van der Waals surface area contributed by atoms with Gasteiger partial charge in [-0.05, 0) is 49.3 Å². The molecule has 0 amide bonds. The van der Waals surface area contributed by atoms with Gasteiger partial charge in [0.05, 0.1) is 23.5 Å². The smallest absolute Gasteiger partial charge is 0.128 e. The molecule has 7 nitrogen and oxygen atoms in total. The second-order valence-electron chi connectivity index (χ2n) is 9.61. The monoisotopic (exact) mass is 437 g/mol. The van der Waals surface area contributed by atoms with Crippen molar-refractivity contribution >= 4 is 11.3 Å². The van der Waals surface area contributed by atoms with Crippen molar-refractivity contribution in [3.8, 4) is 28.3 Å². The van der Waals surface area contributed by atoms with E-state index in [9.17, 15) is 5.26 Å². The third kappa shape index (κ3) is 3.46. The molecule has 2 fully saturated rings. The fourth-order valence-corrected chi connectivity index (χ4v) is 5.72. The van der Waals surface area contributed by atoms with Crippen LogP contribution in [-0.4, -0.2) is 37.5 Å². The molecule has 1 saturated carbocycles. The number of pyridine rings is 2. The van der Waals surface area contributed by atoms with E-state index in [1.54, 1.807) is 15.4 Å². The van der Waals surface area contributed by atoms with Crippen LogP contribution in [0.2, 0.25) is 0 Å². The first-order valence-electron chi connectivity index (χ1n) is 11.8. The van der Waals surface area contributed by atoms with Crippen LogP contribution in [0.5, 0.6) is 0 Å². The van der Waals surface area contributed by atoms with Gasteiger partial charge in [-0.2, -0.15) is 15.5 Å². The number of anilines is 1. The van der Waals surface area contributed by atoms with Crippen molar-refractivity contribution in [2.45, 2.75) is 38.5 Å². The van der Waals surface area contributed by atoms with Crippen LogP contribution in [0, 0.1) is 16.7 Å². The molecule has 0 N–H and O–H groups in total. The van der Waals surface area contributed by atoms with Gasteiger partial charge in [0.25, 0.3) is 0 Å². The fourth-order valence-electron chi connectivity index (χ4n) is 5.72. The van der Waals surface area contributed by atoms with Crippen molar-refractivity contribution in [3.63, 3.8) is 0 Å². The lowest BCUT2D eigenvalue weighted by Crippen LogP contribution is -2.39. The number of piperidine rings is 1. The highest BCUT2D eigenvalue weighted by Crippen LogP contribution is 2.46. The van der Waals surface area contributed by atoms with Crippen molar-refractivity contribution in [2.75, 3.05) is 18.0 Å². The summed E-state index contributed by atoms with van der Waals surface area (Å²) in [7, 11) is 1.91. The third-order valence-corrected chi connectivity index (χ3v) is 7.64. The zero-order valence-corrected chi connectivity index (χ0v) is 18.9. The maximum Gasteiger partial charge on any atom is 0.128 e. The fraction of sp³-hybridized carbons (Fsp3) is 0.385. The van der Waals surface area contributed by atoms with Crippen LogP contribution in [-0.2, 0) is 7.05 Å². The molecule has 2 aliphatic rings. The van der Waals surface area contributed by atoms with E-state index in [0.717, 1.165) is 46.7 Å². The number of aryl methyl sites for hydroxylation is 1. The SMILES string of the molecule is Cn1cc(-c2cc(-c3ccc(N4CCC5(CCCC5)CC4)nc3)c3c(C#N)cnn3c2)cn1. The molecule has 4 aromatic heterocycles. The normalized spacial score (nSPS) is 17.6. The summed E-state index contributed by atoms with van der Waals surface area (Å²) in [6, 6.07) is 8.64. The average molecular weight is 438 g/mol. The number of aromatic nitrogens is 5. The van der Waals surface area contributed by atoms with Gasteiger partial charge in [-0.1, -0.05) is 12.8 Å².